The molecular weight excluding hydrogens is 334 g/mol. The van der Waals surface area contributed by atoms with Crippen LogP contribution in [0.5, 0.6) is 11.5 Å². The summed E-state index contributed by atoms with van der Waals surface area (Å²) < 4.78 is 12.0. The maximum Gasteiger partial charge on any atom is 0.407 e. The number of likely N-dealkylation sites (tertiary alicyclic amines) is 1. The molecule has 1 saturated heterocycles. The van der Waals surface area contributed by atoms with E-state index in [1.807, 2.05) is 33.8 Å². The van der Waals surface area contributed by atoms with Crippen LogP contribution in [0.25, 0.3) is 0 Å². The number of amides is 1. The van der Waals surface area contributed by atoms with Crippen molar-refractivity contribution < 1.29 is 24.2 Å². The quantitative estimate of drug-likeness (QED) is 0.866. The van der Waals surface area contributed by atoms with Gasteiger partial charge in [0.2, 0.25) is 0 Å². The van der Waals surface area contributed by atoms with E-state index in [0.717, 1.165) is 0 Å². The summed E-state index contributed by atoms with van der Waals surface area (Å²) in [6.07, 6.45) is 0.107. The fourth-order valence-electron chi connectivity index (χ4n) is 4.37. The number of rotatable bonds is 2. The third-order valence-electron chi connectivity index (χ3n) is 5.38. The number of Topliss-reactive ketones (excluding diaryl/α,β-unsaturated/α-hetero) is 1. The van der Waals surface area contributed by atoms with E-state index in [4.69, 9.17) is 9.47 Å². The fraction of sp³-hybridized carbons (Fsp3) is 0.600. The molecule has 1 amide bonds. The first kappa shape index (κ1) is 18.5. The van der Waals surface area contributed by atoms with Gasteiger partial charge >= 0.3 is 6.09 Å². The van der Waals surface area contributed by atoms with E-state index < -0.39 is 11.7 Å². The van der Waals surface area contributed by atoms with E-state index in [0.29, 0.717) is 49.6 Å². The van der Waals surface area contributed by atoms with Gasteiger partial charge < -0.3 is 19.5 Å². The summed E-state index contributed by atoms with van der Waals surface area (Å²) in [4.78, 5) is 26.1. The first-order valence-electron chi connectivity index (χ1n) is 9.16. The number of carbonyl (C=O) groups excluding carboxylic acids is 1. The lowest BCUT2D eigenvalue weighted by atomic mass is 9.62. The summed E-state index contributed by atoms with van der Waals surface area (Å²) in [6, 6.07) is 5.37. The number of fused-ring (bicyclic) bond motifs is 1. The maximum absolute atomic E-state index is 13.4. The number of hydrogen-bond acceptors (Lipinski definition) is 4. The van der Waals surface area contributed by atoms with Gasteiger partial charge in [0.1, 0.15) is 17.1 Å². The van der Waals surface area contributed by atoms with Crippen molar-refractivity contribution in [2.45, 2.75) is 46.1 Å². The number of ketones is 1. The van der Waals surface area contributed by atoms with Crippen molar-refractivity contribution >= 4 is 11.9 Å². The van der Waals surface area contributed by atoms with Gasteiger partial charge in [0.15, 0.2) is 5.78 Å². The zero-order valence-corrected chi connectivity index (χ0v) is 15.9. The highest BCUT2D eigenvalue weighted by molar-refractivity contribution is 6.03. The Bertz CT molecular complexity index is 713. The van der Waals surface area contributed by atoms with Crippen LogP contribution in [0.3, 0.4) is 0 Å². The molecule has 1 spiro atoms. The summed E-state index contributed by atoms with van der Waals surface area (Å²) in [7, 11) is 0. The van der Waals surface area contributed by atoms with Gasteiger partial charge in [-0.05, 0) is 30.5 Å². The summed E-state index contributed by atoms with van der Waals surface area (Å²) in [5.74, 6) is 0.953. The maximum atomic E-state index is 13.4. The molecule has 2 heterocycles. The lowest BCUT2D eigenvalue weighted by Crippen LogP contribution is -2.60. The smallest absolute Gasteiger partial charge is 0.407 e. The first-order chi connectivity index (χ1) is 12.2. The number of hydrogen-bond donors (Lipinski definition) is 1. The molecule has 2 aliphatic heterocycles. The Balaban J connectivity index is 2.00. The molecular formula is C20H27NO5. The molecule has 0 saturated carbocycles. The van der Waals surface area contributed by atoms with Crippen LogP contribution in [0.15, 0.2) is 18.2 Å². The SMILES string of the molecule is CCOc1ccc2c(c1)C(=O)C(C(C)(C)C)C1(CCN(C(=O)O)CC1)O2. The molecule has 1 fully saturated rings. The number of carboxylic acid groups (broad SMARTS) is 1. The molecule has 1 aromatic rings. The van der Waals surface area contributed by atoms with Crippen LogP contribution >= 0.6 is 0 Å². The molecule has 0 bridgehead atoms. The zero-order chi connectivity index (χ0) is 19.1. The minimum atomic E-state index is -0.920. The van der Waals surface area contributed by atoms with Crippen molar-refractivity contribution in [3.05, 3.63) is 23.8 Å². The lowest BCUT2D eigenvalue weighted by Gasteiger charge is -2.51. The number of benzene rings is 1. The molecule has 1 atom stereocenters. The second-order valence-electron chi connectivity index (χ2n) is 8.19. The normalized spacial score (nSPS) is 21.9. The van der Waals surface area contributed by atoms with Gasteiger partial charge in [-0.3, -0.25) is 4.79 Å². The number of ether oxygens (including phenoxy) is 2. The van der Waals surface area contributed by atoms with E-state index in [1.54, 1.807) is 12.1 Å². The van der Waals surface area contributed by atoms with Crippen LogP contribution in [-0.2, 0) is 0 Å². The van der Waals surface area contributed by atoms with Crippen molar-refractivity contribution in [2.75, 3.05) is 19.7 Å². The zero-order valence-electron chi connectivity index (χ0n) is 15.9. The third kappa shape index (κ3) is 3.13. The molecule has 0 aliphatic carbocycles. The average molecular weight is 361 g/mol. The van der Waals surface area contributed by atoms with Gasteiger partial charge in [-0.15, -0.1) is 0 Å². The van der Waals surface area contributed by atoms with Gasteiger partial charge in [-0.1, -0.05) is 20.8 Å². The van der Waals surface area contributed by atoms with Crippen molar-refractivity contribution in [1.82, 2.24) is 4.90 Å². The fourth-order valence-corrected chi connectivity index (χ4v) is 4.37. The molecule has 1 aromatic carbocycles. The number of carbonyl (C=O) groups is 2. The highest BCUT2D eigenvalue weighted by Crippen LogP contribution is 2.50. The van der Waals surface area contributed by atoms with Gasteiger partial charge in [0.05, 0.1) is 18.1 Å². The molecule has 6 heteroatoms. The Morgan fingerprint density at radius 3 is 2.54 bits per heavy atom. The van der Waals surface area contributed by atoms with Crippen molar-refractivity contribution in [3.8, 4) is 11.5 Å². The molecule has 6 nitrogen and oxygen atoms in total. The van der Waals surface area contributed by atoms with Crippen LogP contribution < -0.4 is 9.47 Å². The summed E-state index contributed by atoms with van der Waals surface area (Å²) in [6.45, 7) is 9.32. The standard InChI is InChI=1S/C20H27NO5/c1-5-25-13-6-7-15-14(12-13)16(22)17(19(2,3)4)20(26-15)8-10-21(11-9-20)18(23)24/h6-7,12,17H,5,8-11H2,1-4H3,(H,23,24). The Hall–Kier alpha value is -2.24. The predicted octanol–water partition coefficient (Wildman–Crippen LogP) is 3.84. The van der Waals surface area contributed by atoms with Gasteiger partial charge in [-0.25, -0.2) is 4.79 Å². The molecule has 0 radical (unpaired) electrons. The average Bonchev–Trinajstić information content (AvgIpc) is 2.55. The topological polar surface area (TPSA) is 76.1 Å². The van der Waals surface area contributed by atoms with Gasteiger partial charge in [-0.2, -0.15) is 0 Å². The van der Waals surface area contributed by atoms with Crippen molar-refractivity contribution in [3.63, 3.8) is 0 Å². The third-order valence-corrected chi connectivity index (χ3v) is 5.38. The van der Waals surface area contributed by atoms with Gasteiger partial charge in [0, 0.05) is 25.9 Å². The molecule has 1 unspecified atom stereocenters. The summed E-state index contributed by atoms with van der Waals surface area (Å²) >= 11 is 0. The predicted molar refractivity (Wildman–Crippen MR) is 97.1 cm³/mol. The van der Waals surface area contributed by atoms with E-state index in [2.05, 4.69) is 0 Å². The minimum absolute atomic E-state index is 0.0593. The monoisotopic (exact) mass is 361 g/mol. The molecule has 142 valence electrons. The number of piperidine rings is 1. The number of nitrogens with zero attached hydrogens (tertiary/aromatic N) is 1. The molecule has 0 aromatic heterocycles. The second-order valence-corrected chi connectivity index (χ2v) is 8.19. The Morgan fingerprint density at radius 2 is 2.00 bits per heavy atom. The van der Waals surface area contributed by atoms with Crippen LogP contribution in [0.2, 0.25) is 0 Å². The Labute approximate surface area is 154 Å². The first-order valence-corrected chi connectivity index (χ1v) is 9.16. The van der Waals surface area contributed by atoms with Gasteiger partial charge in [0.25, 0.3) is 0 Å². The Kier molecular flexibility index (Phi) is 4.63. The lowest BCUT2D eigenvalue weighted by molar-refractivity contribution is -0.0696. The minimum Gasteiger partial charge on any atom is -0.494 e. The van der Waals surface area contributed by atoms with E-state index in [-0.39, 0.29) is 17.1 Å². The largest absolute Gasteiger partial charge is 0.494 e. The van der Waals surface area contributed by atoms with E-state index in [1.165, 1.54) is 4.90 Å². The van der Waals surface area contributed by atoms with Crippen LogP contribution in [-0.4, -0.2) is 47.2 Å². The summed E-state index contributed by atoms with van der Waals surface area (Å²) in [5, 5.41) is 9.25. The van der Waals surface area contributed by atoms with Crippen LogP contribution in [0.4, 0.5) is 4.79 Å². The van der Waals surface area contributed by atoms with Crippen molar-refractivity contribution in [1.29, 1.82) is 0 Å². The van der Waals surface area contributed by atoms with Crippen LogP contribution in [0, 0.1) is 11.3 Å². The molecule has 3 rings (SSSR count). The Morgan fingerprint density at radius 1 is 1.35 bits per heavy atom. The molecule has 2 aliphatic rings. The molecule has 1 N–H and O–H groups in total. The highest BCUT2D eigenvalue weighted by Gasteiger charge is 2.55. The molecule has 26 heavy (non-hydrogen) atoms. The van der Waals surface area contributed by atoms with Crippen molar-refractivity contribution in [2.24, 2.45) is 11.3 Å². The summed E-state index contributed by atoms with van der Waals surface area (Å²) in [5.41, 5.74) is -0.411. The van der Waals surface area contributed by atoms with E-state index in [9.17, 15) is 14.7 Å². The van der Waals surface area contributed by atoms with E-state index >= 15 is 0 Å². The highest BCUT2D eigenvalue weighted by atomic mass is 16.5. The van der Waals surface area contributed by atoms with Crippen LogP contribution in [0.1, 0.15) is 50.9 Å². The second kappa shape index (κ2) is 6.49.